The molecule has 0 radical (unpaired) electrons. The molecule has 2 N–H and O–H groups in total. The van der Waals surface area contributed by atoms with Crippen LogP contribution in [0.5, 0.6) is 0 Å². The summed E-state index contributed by atoms with van der Waals surface area (Å²) in [6.07, 6.45) is 6.40. The topological polar surface area (TPSA) is 53.6 Å². The van der Waals surface area contributed by atoms with Crippen molar-refractivity contribution < 1.29 is 13.6 Å². The number of allylic oxidation sites excluding steroid dienone is 3. The lowest BCUT2D eigenvalue weighted by molar-refractivity contribution is -0.134. The zero-order valence-corrected chi connectivity index (χ0v) is 22.2. The fourth-order valence-corrected chi connectivity index (χ4v) is 10.6. The van der Waals surface area contributed by atoms with E-state index in [9.17, 15) is 9.18 Å². The molecule has 0 saturated carbocycles. The van der Waals surface area contributed by atoms with Gasteiger partial charge in [-0.15, -0.1) is 0 Å². The van der Waals surface area contributed by atoms with E-state index < -0.39 is 13.9 Å². The summed E-state index contributed by atoms with van der Waals surface area (Å²) in [4.78, 5) is 15.4. The van der Waals surface area contributed by atoms with Crippen LogP contribution in [0.1, 0.15) is 68.2 Å². The first kappa shape index (κ1) is 28.0. The van der Waals surface area contributed by atoms with Crippen molar-refractivity contribution in [1.29, 1.82) is 0 Å². The second-order valence-electron chi connectivity index (χ2n) is 10.2. The van der Waals surface area contributed by atoms with Gasteiger partial charge in [-0.3, -0.25) is 15.1 Å². The number of halogens is 1. The summed E-state index contributed by atoms with van der Waals surface area (Å²) >= 11 is 0. The summed E-state index contributed by atoms with van der Waals surface area (Å²) in [5, 5.41) is 0. The van der Waals surface area contributed by atoms with Crippen molar-refractivity contribution in [2.45, 2.75) is 90.4 Å². The average Bonchev–Trinajstić information content (AvgIpc) is 3.02. The molecule has 5 nitrogen and oxygen atoms in total. The quantitative estimate of drug-likeness (QED) is 0.181. The first-order chi connectivity index (χ1) is 14.4. The predicted molar refractivity (Wildman–Crippen MR) is 131 cm³/mol. The van der Waals surface area contributed by atoms with E-state index in [1.807, 2.05) is 20.9 Å². The van der Waals surface area contributed by atoms with Gasteiger partial charge in [-0.2, -0.15) is 0 Å². The van der Waals surface area contributed by atoms with Gasteiger partial charge >= 0.3 is 0 Å². The Labute approximate surface area is 191 Å². The van der Waals surface area contributed by atoms with E-state index >= 15 is 0 Å². The zero-order chi connectivity index (χ0) is 23.8. The Hall–Kier alpha value is -1.02. The van der Waals surface area contributed by atoms with E-state index in [4.69, 9.17) is 4.43 Å². The lowest BCUT2D eigenvalue weighted by Gasteiger charge is -2.45. The number of rotatable bonds is 12. The molecular weight excluding hydrogens is 409 g/mol. The Morgan fingerprint density at radius 3 is 2.16 bits per heavy atom. The molecule has 0 unspecified atom stereocenters. The predicted octanol–water partition coefficient (Wildman–Crippen LogP) is 5.33. The summed E-state index contributed by atoms with van der Waals surface area (Å²) in [5.74, 6) is -0.174. The van der Waals surface area contributed by atoms with E-state index in [1.54, 1.807) is 12.2 Å². The van der Waals surface area contributed by atoms with Crippen LogP contribution in [0.4, 0.5) is 4.39 Å². The second-order valence-corrected chi connectivity index (χ2v) is 15.7. The van der Waals surface area contributed by atoms with E-state index in [2.05, 4.69) is 57.3 Å². The maximum absolute atomic E-state index is 13.6. The summed E-state index contributed by atoms with van der Waals surface area (Å²) in [6, 6.07) is 0. The molecule has 0 aromatic rings. The van der Waals surface area contributed by atoms with E-state index in [0.717, 1.165) is 19.4 Å². The number of hydrogen-bond acceptors (Lipinski definition) is 4. The average molecular weight is 456 g/mol. The molecule has 1 rings (SSSR count). The van der Waals surface area contributed by atoms with Crippen LogP contribution in [0.25, 0.3) is 0 Å². The highest BCUT2D eigenvalue weighted by Crippen LogP contribution is 2.43. The van der Waals surface area contributed by atoms with Gasteiger partial charge in [0.1, 0.15) is 11.4 Å². The SMILES string of the molecule is CC(C)/C=C(F)\C=C/CNNC(=O)[C@]1(CO[Si](C(C)C)(C(C)C)C(C)C)CCCN1C. The highest BCUT2D eigenvalue weighted by molar-refractivity contribution is 6.77. The lowest BCUT2D eigenvalue weighted by atomic mass is 9.97. The molecule has 1 fully saturated rings. The summed E-state index contributed by atoms with van der Waals surface area (Å²) < 4.78 is 20.5. The fraction of sp³-hybridized carbons (Fsp3) is 0.792. The number of carbonyl (C=O) groups is 1. The van der Waals surface area contributed by atoms with Crippen LogP contribution < -0.4 is 10.9 Å². The molecule has 0 spiro atoms. The number of amides is 1. The number of likely N-dealkylation sites (N-methyl/N-ethyl adjacent to an activating group) is 1. The minimum absolute atomic E-state index is 0.0711. The molecule has 0 aromatic heterocycles. The third-order valence-corrected chi connectivity index (χ3v) is 12.8. The van der Waals surface area contributed by atoms with Crippen molar-refractivity contribution in [2.75, 3.05) is 26.7 Å². The Morgan fingerprint density at radius 2 is 1.71 bits per heavy atom. The Balaban J connectivity index is 2.86. The maximum atomic E-state index is 13.6. The van der Waals surface area contributed by atoms with Gasteiger partial charge in [-0.05, 0) is 61.1 Å². The number of likely N-dealkylation sites (tertiary alicyclic amines) is 1. The van der Waals surface area contributed by atoms with E-state index in [-0.39, 0.29) is 17.7 Å². The zero-order valence-electron chi connectivity index (χ0n) is 21.2. The number of hydrogen-bond donors (Lipinski definition) is 2. The standard InChI is InChI=1S/C24H46FN3O2Si/c1-18(2)16-22(25)12-10-14-26-27-23(29)24(13-11-15-28(24)9)17-30-31(19(3)4,20(5)6)21(7)8/h10,12,16,18-21,26H,11,13-15,17H2,1-9H3,(H,27,29)/b12-10-,22-16+/t24-/m1/s1. The molecule has 1 aliphatic rings. The van der Waals surface area contributed by atoms with Gasteiger partial charge < -0.3 is 4.43 Å². The monoisotopic (exact) mass is 455 g/mol. The van der Waals surface area contributed by atoms with Gasteiger partial charge in [0.15, 0.2) is 8.32 Å². The number of hydrazine groups is 1. The van der Waals surface area contributed by atoms with Gasteiger partial charge in [0.2, 0.25) is 0 Å². The minimum Gasteiger partial charge on any atom is -0.414 e. The Bertz CT molecular complexity index is 613. The molecule has 7 heteroatoms. The van der Waals surface area contributed by atoms with Gasteiger partial charge in [0.05, 0.1) is 6.61 Å². The number of nitrogens with zero attached hydrogens (tertiary/aromatic N) is 1. The Kier molecular flexibility index (Phi) is 11.1. The molecule has 0 bridgehead atoms. The van der Waals surface area contributed by atoms with Crippen LogP contribution in [-0.4, -0.2) is 51.4 Å². The fourth-order valence-electron chi connectivity index (χ4n) is 5.14. The van der Waals surface area contributed by atoms with Crippen LogP contribution in [0, 0.1) is 5.92 Å². The third kappa shape index (κ3) is 6.98. The van der Waals surface area contributed by atoms with Crippen molar-refractivity contribution in [1.82, 2.24) is 15.8 Å². The van der Waals surface area contributed by atoms with Crippen molar-refractivity contribution in [3.63, 3.8) is 0 Å². The molecule has 0 aromatic carbocycles. The third-order valence-electron chi connectivity index (χ3n) is 6.70. The first-order valence-electron chi connectivity index (χ1n) is 11.8. The molecular formula is C24H46FN3O2Si. The van der Waals surface area contributed by atoms with E-state index in [1.165, 1.54) is 6.08 Å². The summed E-state index contributed by atoms with van der Waals surface area (Å²) in [6.45, 7) is 19.1. The van der Waals surface area contributed by atoms with Crippen LogP contribution in [0.3, 0.4) is 0 Å². The molecule has 1 aliphatic heterocycles. The van der Waals surface area contributed by atoms with Gasteiger partial charge in [-0.25, -0.2) is 9.82 Å². The number of nitrogens with one attached hydrogen (secondary N) is 2. The van der Waals surface area contributed by atoms with Crippen LogP contribution >= 0.6 is 0 Å². The van der Waals surface area contributed by atoms with Crippen LogP contribution in [0.2, 0.25) is 16.6 Å². The molecule has 180 valence electrons. The van der Waals surface area contributed by atoms with Crippen molar-refractivity contribution >= 4 is 14.2 Å². The second kappa shape index (κ2) is 12.3. The molecule has 1 atom stereocenters. The smallest absolute Gasteiger partial charge is 0.256 e. The van der Waals surface area contributed by atoms with Gasteiger partial charge in [0.25, 0.3) is 5.91 Å². The largest absolute Gasteiger partial charge is 0.414 e. The van der Waals surface area contributed by atoms with Crippen molar-refractivity contribution in [3.05, 3.63) is 24.1 Å². The van der Waals surface area contributed by atoms with Crippen LogP contribution in [0.15, 0.2) is 24.1 Å². The maximum Gasteiger partial charge on any atom is 0.256 e. The van der Waals surface area contributed by atoms with Gasteiger partial charge in [-0.1, -0.05) is 61.5 Å². The first-order valence-corrected chi connectivity index (χ1v) is 14.0. The van der Waals surface area contributed by atoms with Crippen LogP contribution in [-0.2, 0) is 9.22 Å². The highest BCUT2D eigenvalue weighted by atomic mass is 28.4. The van der Waals surface area contributed by atoms with E-state index in [0.29, 0.717) is 29.8 Å². The Morgan fingerprint density at radius 1 is 1.13 bits per heavy atom. The lowest BCUT2D eigenvalue weighted by Crippen LogP contribution is -2.62. The normalized spacial score (nSPS) is 21.4. The molecule has 0 aliphatic carbocycles. The molecule has 1 amide bonds. The van der Waals surface area contributed by atoms with Crippen molar-refractivity contribution in [3.8, 4) is 0 Å². The minimum atomic E-state index is -2.07. The molecule has 31 heavy (non-hydrogen) atoms. The van der Waals surface area contributed by atoms with Gasteiger partial charge in [0, 0.05) is 6.54 Å². The molecule has 1 heterocycles. The highest BCUT2D eigenvalue weighted by Gasteiger charge is 2.51. The summed E-state index contributed by atoms with van der Waals surface area (Å²) in [7, 11) is -0.0687. The van der Waals surface area contributed by atoms with Crippen molar-refractivity contribution in [2.24, 2.45) is 5.92 Å². The summed E-state index contributed by atoms with van der Waals surface area (Å²) in [5.41, 5.74) is 6.51. The molecule has 1 saturated heterocycles. The number of carbonyl (C=O) groups excluding carboxylic acids is 1.